The van der Waals surface area contributed by atoms with E-state index in [1.54, 1.807) is 30.3 Å². The molecule has 2 rings (SSSR count). The number of carbonyl (C=O) groups excluding carboxylic acids is 4. The lowest BCUT2D eigenvalue weighted by molar-refractivity contribution is -0.121. The molecule has 0 heterocycles. The van der Waals surface area contributed by atoms with Gasteiger partial charge in [0.1, 0.15) is 0 Å². The number of benzene rings is 2. The van der Waals surface area contributed by atoms with Gasteiger partial charge in [0, 0.05) is 24.2 Å². The van der Waals surface area contributed by atoms with Crippen molar-refractivity contribution in [3.63, 3.8) is 0 Å². The van der Waals surface area contributed by atoms with E-state index in [1.807, 2.05) is 0 Å². The van der Waals surface area contributed by atoms with E-state index >= 15 is 0 Å². The highest BCUT2D eigenvalue weighted by molar-refractivity contribution is 5.98. The van der Waals surface area contributed by atoms with Crippen LogP contribution in [0, 0.1) is 0 Å². The molecule has 3 amide bonds. The van der Waals surface area contributed by atoms with E-state index in [0.29, 0.717) is 5.69 Å². The second-order valence-electron chi connectivity index (χ2n) is 5.61. The number of hydrogen-bond donors (Lipinski definition) is 2. The van der Waals surface area contributed by atoms with Crippen molar-refractivity contribution in [1.29, 1.82) is 0 Å². The van der Waals surface area contributed by atoms with Crippen LogP contribution in [-0.2, 0) is 14.3 Å². The first-order chi connectivity index (χ1) is 12.9. The second-order valence-corrected chi connectivity index (χ2v) is 5.61. The first-order valence-corrected chi connectivity index (χ1v) is 8.09. The Morgan fingerprint density at radius 3 is 2.00 bits per heavy atom. The summed E-state index contributed by atoms with van der Waals surface area (Å²) in [6, 6.07) is 14.2. The van der Waals surface area contributed by atoms with Gasteiger partial charge in [-0.3, -0.25) is 14.4 Å². The highest BCUT2D eigenvalue weighted by Gasteiger charge is 2.19. The van der Waals surface area contributed by atoms with Crippen LogP contribution >= 0.6 is 0 Å². The summed E-state index contributed by atoms with van der Waals surface area (Å²) >= 11 is 0. The van der Waals surface area contributed by atoms with Crippen molar-refractivity contribution in [2.45, 2.75) is 6.42 Å². The van der Waals surface area contributed by atoms with Crippen LogP contribution in [-0.4, -0.2) is 36.8 Å². The predicted molar refractivity (Wildman–Crippen MR) is 97.8 cm³/mol. The zero-order valence-electron chi connectivity index (χ0n) is 14.5. The van der Waals surface area contributed by atoms with Gasteiger partial charge in [-0.2, -0.15) is 0 Å². The topological polar surface area (TPSA) is 133 Å². The van der Waals surface area contributed by atoms with Crippen molar-refractivity contribution in [3.05, 3.63) is 65.7 Å². The average molecular weight is 369 g/mol. The summed E-state index contributed by atoms with van der Waals surface area (Å²) in [6.45, 7) is -0.437. The van der Waals surface area contributed by atoms with E-state index in [9.17, 15) is 19.2 Å². The number of amides is 3. The molecule has 0 fully saturated rings. The normalized spacial score (nSPS) is 10.1. The largest absolute Gasteiger partial charge is 0.452 e. The number of hydrogen-bond acceptors (Lipinski definition) is 5. The van der Waals surface area contributed by atoms with Gasteiger partial charge in [-0.25, -0.2) is 4.79 Å². The summed E-state index contributed by atoms with van der Waals surface area (Å²) in [7, 11) is 0. The number of esters is 1. The maximum Gasteiger partial charge on any atom is 0.338 e. The lowest BCUT2D eigenvalue weighted by Gasteiger charge is -2.22. The Kier molecular flexibility index (Phi) is 6.65. The van der Waals surface area contributed by atoms with Gasteiger partial charge < -0.3 is 21.1 Å². The molecule has 4 N–H and O–H groups in total. The summed E-state index contributed by atoms with van der Waals surface area (Å²) in [5.41, 5.74) is 11.3. The minimum Gasteiger partial charge on any atom is -0.452 e. The molecule has 2 aromatic rings. The molecule has 0 aliphatic heterocycles. The molecule has 0 aliphatic carbocycles. The van der Waals surface area contributed by atoms with E-state index in [1.165, 1.54) is 29.2 Å². The molecule has 2 aromatic carbocycles. The molecule has 0 bridgehead atoms. The van der Waals surface area contributed by atoms with Gasteiger partial charge in [0.15, 0.2) is 6.61 Å². The molecule has 0 atom stereocenters. The van der Waals surface area contributed by atoms with Crippen LogP contribution in [0.5, 0.6) is 0 Å². The standard InChI is InChI=1S/C19H19N3O5/c20-16(23)10-11-22(15-4-2-1-3-5-15)17(24)12-27-19(26)14-8-6-13(7-9-14)18(21)25/h1-9H,10-12H2,(H2,20,23)(H2,21,25). The Morgan fingerprint density at radius 1 is 0.852 bits per heavy atom. The monoisotopic (exact) mass is 369 g/mol. The van der Waals surface area contributed by atoms with Crippen molar-refractivity contribution in [3.8, 4) is 0 Å². The Bertz CT molecular complexity index is 834. The summed E-state index contributed by atoms with van der Waals surface area (Å²) in [4.78, 5) is 48.0. The molecule has 0 aromatic heterocycles. The molecule has 0 saturated carbocycles. The minimum absolute atomic E-state index is 0.0246. The molecule has 0 spiro atoms. The maximum atomic E-state index is 12.5. The molecule has 0 unspecified atom stereocenters. The van der Waals surface area contributed by atoms with Gasteiger partial charge in [0.05, 0.1) is 5.56 Å². The molecule has 8 nitrogen and oxygen atoms in total. The van der Waals surface area contributed by atoms with Crippen LogP contribution in [0.3, 0.4) is 0 Å². The Labute approximate surface area is 155 Å². The predicted octanol–water partition coefficient (Wildman–Crippen LogP) is 0.851. The van der Waals surface area contributed by atoms with Gasteiger partial charge >= 0.3 is 5.97 Å². The van der Waals surface area contributed by atoms with Crippen molar-refractivity contribution in [2.24, 2.45) is 11.5 Å². The SMILES string of the molecule is NC(=O)CCN(C(=O)COC(=O)c1ccc(C(N)=O)cc1)c1ccccc1. The fourth-order valence-electron chi connectivity index (χ4n) is 2.29. The number of para-hydroxylation sites is 1. The zero-order chi connectivity index (χ0) is 19.8. The fraction of sp³-hybridized carbons (Fsp3) is 0.158. The minimum atomic E-state index is -0.720. The third-order valence-electron chi connectivity index (χ3n) is 3.68. The first kappa shape index (κ1) is 19.6. The van der Waals surface area contributed by atoms with Gasteiger partial charge in [-0.15, -0.1) is 0 Å². The van der Waals surface area contributed by atoms with Gasteiger partial charge in [-0.05, 0) is 36.4 Å². The van der Waals surface area contributed by atoms with E-state index < -0.39 is 30.3 Å². The highest BCUT2D eigenvalue weighted by atomic mass is 16.5. The first-order valence-electron chi connectivity index (χ1n) is 8.09. The quantitative estimate of drug-likeness (QED) is 0.666. The Hall–Kier alpha value is -3.68. The van der Waals surface area contributed by atoms with Gasteiger partial charge in [0.25, 0.3) is 5.91 Å². The molecule has 0 saturated heterocycles. The number of anilines is 1. The van der Waals surface area contributed by atoms with Crippen molar-refractivity contribution >= 4 is 29.4 Å². The van der Waals surface area contributed by atoms with Crippen LogP contribution in [0.1, 0.15) is 27.1 Å². The number of nitrogens with zero attached hydrogens (tertiary/aromatic N) is 1. The summed E-state index contributed by atoms with van der Waals surface area (Å²) in [5, 5.41) is 0. The summed E-state index contributed by atoms with van der Waals surface area (Å²) in [6.07, 6.45) is -0.0246. The van der Waals surface area contributed by atoms with E-state index in [0.717, 1.165) is 0 Å². The third-order valence-corrected chi connectivity index (χ3v) is 3.68. The number of nitrogens with two attached hydrogens (primary N) is 2. The third kappa shape index (κ3) is 5.67. The van der Waals surface area contributed by atoms with E-state index in [2.05, 4.69) is 0 Å². The van der Waals surface area contributed by atoms with Crippen LogP contribution in [0.4, 0.5) is 5.69 Å². The number of carbonyl (C=O) groups is 4. The van der Waals surface area contributed by atoms with Crippen molar-refractivity contribution < 1.29 is 23.9 Å². The number of primary amides is 2. The van der Waals surface area contributed by atoms with Crippen LogP contribution in [0.15, 0.2) is 54.6 Å². The Morgan fingerprint density at radius 2 is 1.44 bits per heavy atom. The molecule has 27 heavy (non-hydrogen) atoms. The van der Waals surface area contributed by atoms with E-state index in [-0.39, 0.29) is 24.1 Å². The molecular weight excluding hydrogens is 350 g/mol. The van der Waals surface area contributed by atoms with Gasteiger partial charge in [-0.1, -0.05) is 18.2 Å². The number of rotatable bonds is 8. The van der Waals surface area contributed by atoms with Gasteiger partial charge in [0.2, 0.25) is 11.8 Å². The maximum absolute atomic E-state index is 12.5. The highest BCUT2D eigenvalue weighted by Crippen LogP contribution is 2.14. The molecule has 8 heteroatoms. The lowest BCUT2D eigenvalue weighted by atomic mass is 10.1. The van der Waals surface area contributed by atoms with Crippen LogP contribution in [0.25, 0.3) is 0 Å². The smallest absolute Gasteiger partial charge is 0.338 e. The summed E-state index contributed by atoms with van der Waals surface area (Å²) in [5.74, 6) is -2.37. The van der Waals surface area contributed by atoms with Crippen LogP contribution < -0.4 is 16.4 Å². The molecule has 140 valence electrons. The van der Waals surface area contributed by atoms with E-state index in [4.69, 9.17) is 16.2 Å². The summed E-state index contributed by atoms with van der Waals surface area (Å²) < 4.78 is 5.04. The number of ether oxygens (including phenoxy) is 1. The molecule has 0 aliphatic rings. The lowest BCUT2D eigenvalue weighted by Crippen LogP contribution is -2.37. The van der Waals surface area contributed by atoms with Crippen molar-refractivity contribution in [2.75, 3.05) is 18.1 Å². The van der Waals surface area contributed by atoms with Crippen LogP contribution in [0.2, 0.25) is 0 Å². The fourth-order valence-corrected chi connectivity index (χ4v) is 2.29. The van der Waals surface area contributed by atoms with Crippen molar-refractivity contribution in [1.82, 2.24) is 0 Å². The second kappa shape index (κ2) is 9.14. The zero-order valence-corrected chi connectivity index (χ0v) is 14.5. The Balaban J connectivity index is 2.02. The average Bonchev–Trinajstić information content (AvgIpc) is 2.67. The molecule has 0 radical (unpaired) electrons. The molecular formula is C19H19N3O5.